The fourth-order valence-corrected chi connectivity index (χ4v) is 3.95. The Morgan fingerprint density at radius 2 is 1.76 bits per heavy atom. The van der Waals surface area contributed by atoms with E-state index in [4.69, 9.17) is 0 Å². The number of hydrogen-bond donors (Lipinski definition) is 2. The number of nitrogens with one attached hydrogen (secondary N) is 1. The lowest BCUT2D eigenvalue weighted by Gasteiger charge is -2.22. The maximum Gasteiger partial charge on any atom is 0.297 e. The third-order valence-corrected chi connectivity index (χ3v) is 5.26. The molecule has 0 radical (unpaired) electrons. The largest absolute Gasteiger partial charge is 0.372 e. The maximum absolute atomic E-state index is 12.0. The molecule has 0 fully saturated rings. The Hall–Kier alpha value is -2.45. The van der Waals surface area contributed by atoms with Gasteiger partial charge in [-0.3, -0.25) is 4.55 Å². The van der Waals surface area contributed by atoms with Gasteiger partial charge in [-0.25, -0.2) is 0 Å². The summed E-state index contributed by atoms with van der Waals surface area (Å²) in [6.07, 6.45) is 0. The number of H-pyrrole nitrogens is 1. The standard InChI is InChI=1S/C17H20N4O3S/c1-4-21(5-2)12-6-7-13(11(3)10-12)14-8-9-15-16(19-20-18-15)17(14)25(22,23)24/h6-10H,4-5H2,1-3H3,(H,18,19,20)(H,22,23,24). The Bertz CT molecular complexity index is 1020. The molecule has 0 aliphatic rings. The first-order chi connectivity index (χ1) is 11.9. The van der Waals surface area contributed by atoms with Gasteiger partial charge in [-0.1, -0.05) is 12.1 Å². The van der Waals surface area contributed by atoms with Gasteiger partial charge in [0.2, 0.25) is 0 Å². The molecule has 8 heteroatoms. The fraction of sp³-hybridized carbons (Fsp3) is 0.294. The van der Waals surface area contributed by atoms with Crippen molar-refractivity contribution in [1.29, 1.82) is 0 Å². The van der Waals surface area contributed by atoms with Crippen LogP contribution in [0.1, 0.15) is 19.4 Å². The van der Waals surface area contributed by atoms with Crippen LogP contribution in [0.5, 0.6) is 0 Å². The van der Waals surface area contributed by atoms with E-state index >= 15 is 0 Å². The van der Waals surface area contributed by atoms with Gasteiger partial charge in [-0.05, 0) is 50.1 Å². The zero-order valence-electron chi connectivity index (χ0n) is 14.3. The van der Waals surface area contributed by atoms with E-state index in [2.05, 4.69) is 34.2 Å². The van der Waals surface area contributed by atoms with Crippen LogP contribution in [0.2, 0.25) is 0 Å². The molecule has 2 aromatic carbocycles. The first-order valence-corrected chi connectivity index (χ1v) is 9.47. The highest BCUT2D eigenvalue weighted by Gasteiger charge is 2.23. The average Bonchev–Trinajstić information content (AvgIpc) is 3.02. The molecule has 2 N–H and O–H groups in total. The van der Waals surface area contributed by atoms with Crippen molar-refractivity contribution < 1.29 is 13.0 Å². The van der Waals surface area contributed by atoms with Crippen LogP contribution in [0.15, 0.2) is 35.2 Å². The molecule has 1 heterocycles. The molecule has 0 aliphatic carbocycles. The lowest BCUT2D eigenvalue weighted by Crippen LogP contribution is -2.21. The van der Waals surface area contributed by atoms with Gasteiger partial charge in [0.1, 0.15) is 15.9 Å². The summed E-state index contributed by atoms with van der Waals surface area (Å²) in [5, 5.41) is 10.2. The normalized spacial score (nSPS) is 11.8. The van der Waals surface area contributed by atoms with Crippen molar-refractivity contribution in [2.24, 2.45) is 0 Å². The molecule has 0 unspecified atom stereocenters. The van der Waals surface area contributed by atoms with Crippen LogP contribution in [-0.2, 0) is 10.1 Å². The number of nitrogens with zero attached hydrogens (tertiary/aromatic N) is 3. The number of fused-ring (bicyclic) bond motifs is 1. The first kappa shape index (κ1) is 17.4. The van der Waals surface area contributed by atoms with E-state index in [0.29, 0.717) is 11.1 Å². The van der Waals surface area contributed by atoms with E-state index in [-0.39, 0.29) is 10.4 Å². The summed E-state index contributed by atoms with van der Waals surface area (Å²) < 4.78 is 33.7. The lowest BCUT2D eigenvalue weighted by atomic mass is 9.99. The van der Waals surface area contributed by atoms with Gasteiger partial charge in [-0.15, -0.1) is 0 Å². The second kappa shape index (κ2) is 6.45. The summed E-state index contributed by atoms with van der Waals surface area (Å²) in [4.78, 5) is 1.99. The van der Waals surface area contributed by atoms with Crippen LogP contribution in [0.3, 0.4) is 0 Å². The van der Waals surface area contributed by atoms with Gasteiger partial charge in [0.15, 0.2) is 0 Å². The Morgan fingerprint density at radius 1 is 1.08 bits per heavy atom. The third-order valence-electron chi connectivity index (χ3n) is 4.33. The van der Waals surface area contributed by atoms with Crippen molar-refractivity contribution in [2.75, 3.05) is 18.0 Å². The minimum atomic E-state index is -4.46. The van der Waals surface area contributed by atoms with E-state index < -0.39 is 10.1 Å². The van der Waals surface area contributed by atoms with Crippen LogP contribution in [0.4, 0.5) is 5.69 Å². The van der Waals surface area contributed by atoms with E-state index in [1.165, 1.54) is 0 Å². The van der Waals surface area contributed by atoms with Gasteiger partial charge in [0.25, 0.3) is 10.1 Å². The van der Waals surface area contributed by atoms with Crippen molar-refractivity contribution >= 4 is 26.8 Å². The molecule has 3 aromatic rings. The first-order valence-electron chi connectivity index (χ1n) is 8.03. The van der Waals surface area contributed by atoms with E-state index in [1.54, 1.807) is 12.1 Å². The number of aromatic amines is 1. The van der Waals surface area contributed by atoms with Crippen molar-refractivity contribution in [2.45, 2.75) is 25.7 Å². The zero-order valence-corrected chi connectivity index (χ0v) is 15.1. The second-order valence-electron chi connectivity index (χ2n) is 5.78. The van der Waals surface area contributed by atoms with Gasteiger partial charge in [-0.2, -0.15) is 23.8 Å². The van der Waals surface area contributed by atoms with Crippen LogP contribution in [0.25, 0.3) is 22.2 Å². The van der Waals surface area contributed by atoms with Crippen LogP contribution >= 0.6 is 0 Å². The Kier molecular flexibility index (Phi) is 4.49. The number of hydrogen-bond acceptors (Lipinski definition) is 5. The molecular weight excluding hydrogens is 340 g/mol. The van der Waals surface area contributed by atoms with Crippen LogP contribution in [0, 0.1) is 6.92 Å². The molecule has 0 bridgehead atoms. The molecule has 0 saturated carbocycles. The minimum Gasteiger partial charge on any atom is -0.372 e. The maximum atomic E-state index is 12.0. The van der Waals surface area contributed by atoms with Crippen LogP contribution < -0.4 is 4.90 Å². The summed E-state index contributed by atoms with van der Waals surface area (Å²) in [6.45, 7) is 7.86. The highest BCUT2D eigenvalue weighted by molar-refractivity contribution is 7.86. The third kappa shape index (κ3) is 3.10. The number of anilines is 1. The van der Waals surface area contributed by atoms with Gasteiger partial charge >= 0.3 is 0 Å². The average molecular weight is 360 g/mol. The van der Waals surface area contributed by atoms with E-state index in [0.717, 1.165) is 29.9 Å². The molecule has 132 valence electrons. The molecule has 0 atom stereocenters. The SMILES string of the molecule is CCN(CC)c1ccc(-c2ccc3n[nH]nc3c2S(=O)(=O)O)c(C)c1. The zero-order chi connectivity index (χ0) is 18.2. The van der Waals surface area contributed by atoms with E-state index in [1.807, 2.05) is 25.1 Å². The lowest BCUT2D eigenvalue weighted by molar-refractivity contribution is 0.484. The molecule has 25 heavy (non-hydrogen) atoms. The predicted octanol–water partition coefficient (Wildman–Crippen LogP) is 3.03. The molecule has 0 saturated heterocycles. The van der Waals surface area contributed by atoms with Crippen LogP contribution in [-0.4, -0.2) is 41.5 Å². The number of aryl methyl sites for hydroxylation is 1. The highest BCUT2D eigenvalue weighted by atomic mass is 32.2. The molecule has 1 aromatic heterocycles. The number of aromatic nitrogens is 3. The summed E-state index contributed by atoms with van der Waals surface area (Å²) in [7, 11) is -4.46. The molecule has 7 nitrogen and oxygen atoms in total. The van der Waals surface area contributed by atoms with Crippen molar-refractivity contribution in [3.8, 4) is 11.1 Å². The molecule has 3 rings (SSSR count). The summed E-state index contributed by atoms with van der Waals surface area (Å²) in [6, 6.07) is 9.17. The Balaban J connectivity index is 2.23. The minimum absolute atomic E-state index is 0.132. The molecule has 0 spiro atoms. The second-order valence-corrected chi connectivity index (χ2v) is 7.14. The Labute approximate surface area is 146 Å². The Morgan fingerprint density at radius 3 is 2.36 bits per heavy atom. The number of rotatable bonds is 5. The summed E-state index contributed by atoms with van der Waals surface area (Å²) >= 11 is 0. The highest BCUT2D eigenvalue weighted by Crippen LogP contribution is 2.35. The van der Waals surface area contributed by atoms with Crippen molar-refractivity contribution in [3.05, 3.63) is 35.9 Å². The van der Waals surface area contributed by atoms with Gasteiger partial charge < -0.3 is 4.90 Å². The van der Waals surface area contributed by atoms with Crippen molar-refractivity contribution in [1.82, 2.24) is 15.4 Å². The molecular formula is C17H20N4O3S. The molecule has 0 aliphatic heterocycles. The number of benzene rings is 2. The molecule has 0 amide bonds. The smallest absolute Gasteiger partial charge is 0.297 e. The monoisotopic (exact) mass is 360 g/mol. The van der Waals surface area contributed by atoms with Crippen molar-refractivity contribution in [3.63, 3.8) is 0 Å². The van der Waals surface area contributed by atoms with Gasteiger partial charge in [0, 0.05) is 24.3 Å². The topological polar surface area (TPSA) is 99.2 Å². The fourth-order valence-electron chi connectivity index (χ4n) is 3.10. The van der Waals surface area contributed by atoms with Gasteiger partial charge in [0.05, 0.1) is 0 Å². The predicted molar refractivity (Wildman–Crippen MR) is 97.4 cm³/mol. The summed E-state index contributed by atoms with van der Waals surface area (Å²) in [5.41, 5.74) is 3.64. The quantitative estimate of drug-likeness (QED) is 0.679. The summed E-state index contributed by atoms with van der Waals surface area (Å²) in [5.74, 6) is 0. The van der Waals surface area contributed by atoms with E-state index in [9.17, 15) is 13.0 Å².